The number of aryl methyl sites for hydroxylation is 1. The van der Waals surface area contributed by atoms with E-state index in [1.54, 1.807) is 0 Å². The average Bonchev–Trinajstić information content (AvgIpc) is 2.68. The van der Waals surface area contributed by atoms with Crippen molar-refractivity contribution >= 4 is 15.9 Å². The van der Waals surface area contributed by atoms with Crippen LogP contribution in [-0.4, -0.2) is 16.3 Å². The van der Waals surface area contributed by atoms with Gasteiger partial charge >= 0.3 is 0 Å². The summed E-state index contributed by atoms with van der Waals surface area (Å²) in [5, 5.41) is 7.99. The fourth-order valence-corrected chi connectivity index (χ4v) is 2.84. The topological polar surface area (TPSA) is 29.9 Å². The van der Waals surface area contributed by atoms with Crippen LogP contribution >= 0.6 is 15.9 Å². The Bertz CT molecular complexity index is 560. The molecule has 1 aliphatic heterocycles. The molecule has 3 nitrogen and oxygen atoms in total. The standard InChI is InChI=1S/C13H14BrN3/c1-9-4-2-3-5-11(9)17-12-6-7-15-8-10(12)13(14)16-17/h2-5,15H,6-8H2,1H3. The molecule has 0 aliphatic carbocycles. The minimum absolute atomic E-state index is 0.905. The second-order valence-electron chi connectivity index (χ2n) is 4.34. The van der Waals surface area contributed by atoms with Crippen LogP contribution in [-0.2, 0) is 13.0 Å². The first-order valence-electron chi connectivity index (χ1n) is 5.80. The molecular formula is C13H14BrN3. The lowest BCUT2D eigenvalue weighted by molar-refractivity contribution is 0.622. The van der Waals surface area contributed by atoms with Crippen LogP contribution in [0.15, 0.2) is 28.9 Å². The van der Waals surface area contributed by atoms with Crippen molar-refractivity contribution in [3.05, 3.63) is 45.7 Å². The lowest BCUT2D eigenvalue weighted by atomic mass is 10.1. The van der Waals surface area contributed by atoms with E-state index in [-0.39, 0.29) is 0 Å². The van der Waals surface area contributed by atoms with Gasteiger partial charge in [0.05, 0.1) is 11.4 Å². The Morgan fingerprint density at radius 3 is 3.00 bits per heavy atom. The third-order valence-electron chi connectivity index (χ3n) is 3.22. The Balaban J connectivity index is 2.19. The van der Waals surface area contributed by atoms with Crippen LogP contribution in [0.25, 0.3) is 5.69 Å². The number of hydrogen-bond acceptors (Lipinski definition) is 2. The van der Waals surface area contributed by atoms with E-state index in [2.05, 4.69) is 62.2 Å². The van der Waals surface area contributed by atoms with E-state index in [4.69, 9.17) is 0 Å². The highest BCUT2D eigenvalue weighted by molar-refractivity contribution is 9.10. The van der Waals surface area contributed by atoms with E-state index in [0.717, 1.165) is 24.1 Å². The Hall–Kier alpha value is -1.13. The van der Waals surface area contributed by atoms with Gasteiger partial charge in [0.15, 0.2) is 0 Å². The van der Waals surface area contributed by atoms with Gasteiger partial charge in [-0.05, 0) is 34.5 Å². The van der Waals surface area contributed by atoms with Crippen LogP contribution in [0.5, 0.6) is 0 Å². The van der Waals surface area contributed by atoms with Crippen LogP contribution in [0.2, 0.25) is 0 Å². The number of hydrogen-bond donors (Lipinski definition) is 1. The quantitative estimate of drug-likeness (QED) is 0.875. The summed E-state index contributed by atoms with van der Waals surface area (Å²) in [7, 11) is 0. The maximum absolute atomic E-state index is 4.62. The summed E-state index contributed by atoms with van der Waals surface area (Å²) in [6, 6.07) is 8.37. The molecular weight excluding hydrogens is 278 g/mol. The fraction of sp³-hybridized carbons (Fsp3) is 0.308. The van der Waals surface area contributed by atoms with Crippen LogP contribution in [0.4, 0.5) is 0 Å². The molecule has 1 aliphatic rings. The molecule has 0 spiro atoms. The Kier molecular flexibility index (Phi) is 2.76. The summed E-state index contributed by atoms with van der Waals surface area (Å²) < 4.78 is 3.04. The number of benzene rings is 1. The van der Waals surface area contributed by atoms with Gasteiger partial charge in [-0.2, -0.15) is 5.10 Å². The number of fused-ring (bicyclic) bond motifs is 1. The van der Waals surface area contributed by atoms with E-state index in [1.807, 2.05) is 0 Å². The Labute approximate surface area is 109 Å². The summed E-state index contributed by atoms with van der Waals surface area (Å²) in [4.78, 5) is 0. The van der Waals surface area contributed by atoms with Crippen LogP contribution in [0.3, 0.4) is 0 Å². The van der Waals surface area contributed by atoms with Gasteiger partial charge in [-0.15, -0.1) is 0 Å². The number of rotatable bonds is 1. The zero-order chi connectivity index (χ0) is 11.8. The number of aromatic nitrogens is 2. The van der Waals surface area contributed by atoms with Crippen molar-refractivity contribution < 1.29 is 0 Å². The lowest BCUT2D eigenvalue weighted by Crippen LogP contribution is -2.24. The second-order valence-corrected chi connectivity index (χ2v) is 5.09. The zero-order valence-electron chi connectivity index (χ0n) is 9.70. The van der Waals surface area contributed by atoms with Crippen molar-refractivity contribution in [1.29, 1.82) is 0 Å². The predicted octanol–water partition coefficient (Wildman–Crippen LogP) is 2.59. The van der Waals surface area contributed by atoms with Crippen molar-refractivity contribution in [3.63, 3.8) is 0 Å². The molecule has 0 fully saturated rings. The van der Waals surface area contributed by atoms with Crippen molar-refractivity contribution in [2.75, 3.05) is 6.54 Å². The molecule has 2 aromatic rings. The van der Waals surface area contributed by atoms with Gasteiger partial charge in [0.1, 0.15) is 4.60 Å². The molecule has 4 heteroatoms. The SMILES string of the molecule is Cc1ccccc1-n1nc(Br)c2c1CCNC2. The fourth-order valence-electron chi connectivity index (χ4n) is 2.31. The summed E-state index contributed by atoms with van der Waals surface area (Å²) >= 11 is 3.55. The molecule has 2 heterocycles. The molecule has 1 N–H and O–H groups in total. The van der Waals surface area contributed by atoms with Crippen LogP contribution in [0.1, 0.15) is 16.8 Å². The van der Waals surface area contributed by atoms with E-state index in [0.29, 0.717) is 0 Å². The highest BCUT2D eigenvalue weighted by Gasteiger charge is 2.20. The first-order valence-corrected chi connectivity index (χ1v) is 6.59. The number of halogens is 1. The molecule has 0 amide bonds. The minimum atomic E-state index is 0.905. The third-order valence-corrected chi connectivity index (χ3v) is 3.86. The first-order chi connectivity index (χ1) is 8.27. The van der Waals surface area contributed by atoms with Crippen LogP contribution in [0, 0.1) is 6.92 Å². The molecule has 0 radical (unpaired) electrons. The number of nitrogens with one attached hydrogen (secondary N) is 1. The third kappa shape index (κ3) is 1.81. The maximum atomic E-state index is 4.62. The summed E-state index contributed by atoms with van der Waals surface area (Å²) in [5.74, 6) is 0. The molecule has 17 heavy (non-hydrogen) atoms. The van der Waals surface area contributed by atoms with E-state index in [1.165, 1.54) is 22.5 Å². The van der Waals surface area contributed by atoms with Gasteiger partial charge in [-0.1, -0.05) is 18.2 Å². The normalized spacial score (nSPS) is 14.7. The Morgan fingerprint density at radius 2 is 2.18 bits per heavy atom. The maximum Gasteiger partial charge on any atom is 0.133 e. The number of para-hydroxylation sites is 1. The van der Waals surface area contributed by atoms with Gasteiger partial charge in [-0.25, -0.2) is 4.68 Å². The first kappa shape index (κ1) is 11.0. The van der Waals surface area contributed by atoms with Crippen LogP contribution < -0.4 is 5.32 Å². The predicted molar refractivity (Wildman–Crippen MR) is 71.4 cm³/mol. The van der Waals surface area contributed by atoms with E-state index >= 15 is 0 Å². The van der Waals surface area contributed by atoms with Gasteiger partial charge in [0, 0.05) is 25.1 Å². The molecule has 0 saturated carbocycles. The number of nitrogens with zero attached hydrogens (tertiary/aromatic N) is 2. The molecule has 1 aromatic heterocycles. The average molecular weight is 292 g/mol. The molecule has 0 bridgehead atoms. The lowest BCUT2D eigenvalue weighted by Gasteiger charge is -2.16. The summed E-state index contributed by atoms with van der Waals surface area (Å²) in [5.41, 5.74) is 5.05. The van der Waals surface area contributed by atoms with Crippen molar-refractivity contribution in [2.24, 2.45) is 0 Å². The van der Waals surface area contributed by atoms with E-state index in [9.17, 15) is 0 Å². The molecule has 88 valence electrons. The monoisotopic (exact) mass is 291 g/mol. The molecule has 0 atom stereocenters. The molecule has 0 saturated heterocycles. The van der Waals surface area contributed by atoms with Crippen molar-refractivity contribution in [2.45, 2.75) is 19.9 Å². The second kappa shape index (κ2) is 4.27. The molecule has 1 aromatic carbocycles. The zero-order valence-corrected chi connectivity index (χ0v) is 11.3. The molecule has 0 unspecified atom stereocenters. The smallest absolute Gasteiger partial charge is 0.133 e. The van der Waals surface area contributed by atoms with Gasteiger partial charge in [0.2, 0.25) is 0 Å². The Morgan fingerprint density at radius 1 is 1.35 bits per heavy atom. The van der Waals surface area contributed by atoms with Gasteiger partial charge < -0.3 is 5.32 Å². The van der Waals surface area contributed by atoms with Gasteiger partial charge in [-0.3, -0.25) is 0 Å². The van der Waals surface area contributed by atoms with Gasteiger partial charge in [0.25, 0.3) is 0 Å². The van der Waals surface area contributed by atoms with Crippen molar-refractivity contribution in [3.8, 4) is 5.69 Å². The highest BCUT2D eigenvalue weighted by atomic mass is 79.9. The van der Waals surface area contributed by atoms with Crippen molar-refractivity contribution in [1.82, 2.24) is 15.1 Å². The summed E-state index contributed by atoms with van der Waals surface area (Å²) in [6.45, 7) is 4.05. The minimum Gasteiger partial charge on any atom is -0.312 e. The largest absolute Gasteiger partial charge is 0.312 e. The highest BCUT2D eigenvalue weighted by Crippen LogP contribution is 2.26. The summed E-state index contributed by atoms with van der Waals surface area (Å²) in [6.07, 6.45) is 1.03. The van der Waals surface area contributed by atoms with E-state index < -0.39 is 0 Å². The molecule has 3 rings (SSSR count).